The number of carbonyl (C=O) groups excluding carboxylic acids is 3. The van der Waals surface area contributed by atoms with Crippen LogP contribution in [0, 0.1) is 30.0 Å². The van der Waals surface area contributed by atoms with Crippen LogP contribution in [0.15, 0.2) is 66.1 Å². The molecular formula is C40H46FN3O6S2. The number of Topliss-reactive ketones (excluding diaryl/α,β-unsaturated/α-hetero) is 1. The van der Waals surface area contributed by atoms with E-state index in [1.165, 1.54) is 23.5 Å². The fourth-order valence-corrected chi connectivity index (χ4v) is 9.91. The molecule has 9 nitrogen and oxygen atoms in total. The molecule has 3 heterocycles. The average molecular weight is 748 g/mol. The summed E-state index contributed by atoms with van der Waals surface area (Å²) in [5, 5.41) is 2.34. The molecule has 0 spiro atoms. The Labute approximate surface area is 309 Å². The minimum Gasteiger partial charge on any atom is -0.465 e. The van der Waals surface area contributed by atoms with E-state index in [1.54, 1.807) is 11.8 Å². The smallest absolute Gasteiger partial charge is 0.274 e. The maximum absolute atomic E-state index is 14.6. The van der Waals surface area contributed by atoms with Crippen molar-refractivity contribution in [3.8, 4) is 16.5 Å². The van der Waals surface area contributed by atoms with Crippen molar-refractivity contribution >= 4 is 39.0 Å². The SMILES string of the molecule is Cc1cc(F)cc(C[C@H]2CCCCC/C=C\[C@H]3C[C@@]3(C(=O)NS(=O)(=O)C3(C)CC3)CC(=O)[C@@H]3C[C@@H](Oc4nc(-c5ccccc5)cs4)CN3C2=O)c1. The lowest BCUT2D eigenvalue weighted by atomic mass is 9.89. The van der Waals surface area contributed by atoms with E-state index in [0.717, 1.165) is 48.1 Å². The second kappa shape index (κ2) is 14.5. The molecule has 1 aromatic heterocycles. The number of benzene rings is 2. The van der Waals surface area contributed by atoms with Gasteiger partial charge in [-0.25, -0.2) is 17.8 Å². The molecule has 12 heteroatoms. The van der Waals surface area contributed by atoms with Crippen LogP contribution in [0.4, 0.5) is 4.39 Å². The monoisotopic (exact) mass is 747 g/mol. The second-order valence-corrected chi connectivity index (χ2v) is 18.5. The number of rotatable bonds is 8. The molecule has 0 unspecified atom stereocenters. The van der Waals surface area contributed by atoms with Gasteiger partial charge in [-0.15, -0.1) is 0 Å². The van der Waals surface area contributed by atoms with Crippen LogP contribution in [0.3, 0.4) is 0 Å². The van der Waals surface area contributed by atoms with Crippen molar-refractivity contribution in [2.24, 2.45) is 17.3 Å². The summed E-state index contributed by atoms with van der Waals surface area (Å²) in [7, 11) is -3.91. The van der Waals surface area contributed by atoms with E-state index in [9.17, 15) is 27.2 Å². The Morgan fingerprint density at radius 2 is 1.90 bits per heavy atom. The molecule has 1 saturated heterocycles. The summed E-state index contributed by atoms with van der Waals surface area (Å²) in [5.41, 5.74) is 2.00. The van der Waals surface area contributed by atoms with E-state index in [4.69, 9.17) is 4.74 Å². The van der Waals surface area contributed by atoms with Gasteiger partial charge in [0.2, 0.25) is 21.8 Å². The number of nitrogens with one attached hydrogen (secondary N) is 1. The number of ether oxygens (including phenoxy) is 1. The highest BCUT2D eigenvalue weighted by molar-refractivity contribution is 7.91. The number of carbonyl (C=O) groups is 3. The van der Waals surface area contributed by atoms with Crippen LogP contribution in [0.1, 0.15) is 82.3 Å². The fraction of sp³-hybridized carbons (Fsp3) is 0.500. The molecule has 3 aromatic rings. The van der Waals surface area contributed by atoms with E-state index in [0.29, 0.717) is 37.3 Å². The zero-order valence-corrected chi connectivity index (χ0v) is 31.3. The van der Waals surface area contributed by atoms with Gasteiger partial charge in [0.15, 0.2) is 5.78 Å². The van der Waals surface area contributed by atoms with Crippen LogP contribution in [-0.2, 0) is 30.8 Å². The first-order valence-electron chi connectivity index (χ1n) is 18.4. The number of aryl methyl sites for hydroxylation is 1. The normalized spacial score (nSPS) is 28.2. The number of amides is 2. The largest absolute Gasteiger partial charge is 0.465 e. The summed E-state index contributed by atoms with van der Waals surface area (Å²) in [6.45, 7) is 3.61. The molecule has 0 radical (unpaired) electrons. The minimum absolute atomic E-state index is 0.156. The molecule has 1 N–H and O–H groups in total. The second-order valence-electron chi connectivity index (χ2n) is 15.4. The Balaban J connectivity index is 1.18. The molecule has 4 aliphatic rings. The van der Waals surface area contributed by atoms with E-state index in [2.05, 4.69) is 9.71 Å². The predicted molar refractivity (Wildman–Crippen MR) is 198 cm³/mol. The first-order valence-corrected chi connectivity index (χ1v) is 20.7. The standard InChI is InChI=1S/C40H46FN3O6S2/c1-26-17-27(20-31(41)18-26)19-29-13-7-4-3-5-10-14-30-22-40(30,37(47)43-52(48,49)39(2)15-16-39)23-35(45)34-21-32(24-44(34)36(29)46)50-38-42-33(25-51-38)28-11-8-6-9-12-28/h6,8-12,14,17-18,20,25,29-30,32,34H,3-5,7,13,15-16,19,21-24H2,1-2H3,(H,43,47)/b14-10-/t29-,30+,32-,34+,40-/m1/s1. The van der Waals surface area contributed by atoms with Crippen LogP contribution in [-0.4, -0.2) is 59.3 Å². The minimum atomic E-state index is -3.91. The lowest BCUT2D eigenvalue weighted by Crippen LogP contribution is -2.47. The van der Waals surface area contributed by atoms with E-state index >= 15 is 0 Å². The molecule has 276 valence electrons. The molecule has 2 aliphatic heterocycles. The Morgan fingerprint density at radius 3 is 2.65 bits per heavy atom. The van der Waals surface area contributed by atoms with Crippen molar-refractivity contribution in [1.29, 1.82) is 0 Å². The van der Waals surface area contributed by atoms with Crippen LogP contribution in [0.5, 0.6) is 5.19 Å². The van der Waals surface area contributed by atoms with E-state index in [-0.39, 0.29) is 42.8 Å². The highest BCUT2D eigenvalue weighted by atomic mass is 32.2. The van der Waals surface area contributed by atoms with E-state index < -0.39 is 44.2 Å². The first kappa shape index (κ1) is 36.5. The third-order valence-electron chi connectivity index (χ3n) is 11.4. The van der Waals surface area contributed by atoms with Gasteiger partial charge < -0.3 is 9.64 Å². The van der Waals surface area contributed by atoms with Crippen LogP contribution in [0.25, 0.3) is 11.3 Å². The molecule has 2 aliphatic carbocycles. The summed E-state index contributed by atoms with van der Waals surface area (Å²) in [6.07, 6.45) is 9.05. The topological polar surface area (TPSA) is 123 Å². The van der Waals surface area contributed by atoms with Gasteiger partial charge in [0, 0.05) is 29.7 Å². The molecule has 3 fully saturated rings. The molecule has 5 atom stereocenters. The maximum Gasteiger partial charge on any atom is 0.274 e. The van der Waals surface area contributed by atoms with Crippen LogP contribution >= 0.6 is 11.3 Å². The van der Waals surface area contributed by atoms with Gasteiger partial charge in [-0.2, -0.15) is 0 Å². The van der Waals surface area contributed by atoms with Gasteiger partial charge in [-0.3, -0.25) is 19.1 Å². The van der Waals surface area contributed by atoms with Gasteiger partial charge in [0.1, 0.15) is 11.9 Å². The number of thiazole rings is 1. The van der Waals surface area contributed by atoms with Gasteiger partial charge in [-0.05, 0) is 88.0 Å². The van der Waals surface area contributed by atoms with Gasteiger partial charge in [-0.1, -0.05) is 72.7 Å². The van der Waals surface area contributed by atoms with Crippen molar-refractivity contribution in [1.82, 2.24) is 14.6 Å². The number of nitrogens with zero attached hydrogens (tertiary/aromatic N) is 2. The number of sulfonamides is 1. The maximum atomic E-state index is 14.6. The number of ketones is 1. The Kier molecular flexibility index (Phi) is 10.2. The number of allylic oxidation sites excluding steroid dienone is 2. The highest BCUT2D eigenvalue weighted by Gasteiger charge is 2.62. The van der Waals surface area contributed by atoms with Crippen molar-refractivity contribution in [2.75, 3.05) is 6.54 Å². The first-order chi connectivity index (χ1) is 24.9. The van der Waals surface area contributed by atoms with Crippen molar-refractivity contribution < 1.29 is 31.9 Å². The zero-order valence-electron chi connectivity index (χ0n) is 29.7. The van der Waals surface area contributed by atoms with Crippen molar-refractivity contribution in [3.63, 3.8) is 0 Å². The lowest BCUT2D eigenvalue weighted by molar-refractivity contribution is -0.142. The van der Waals surface area contributed by atoms with Crippen LogP contribution < -0.4 is 9.46 Å². The summed E-state index contributed by atoms with van der Waals surface area (Å²) in [6, 6.07) is 13.7. The number of fused-ring (bicyclic) bond motifs is 2. The molecule has 2 aromatic carbocycles. The van der Waals surface area contributed by atoms with Crippen molar-refractivity contribution in [2.45, 2.75) is 101 Å². The number of hydrogen-bond acceptors (Lipinski definition) is 8. The highest BCUT2D eigenvalue weighted by Crippen LogP contribution is 2.57. The molecule has 2 amide bonds. The number of hydrogen-bond donors (Lipinski definition) is 1. The molecular weight excluding hydrogens is 702 g/mol. The Morgan fingerprint density at radius 1 is 1.12 bits per heavy atom. The van der Waals surface area contributed by atoms with Gasteiger partial charge in [0.25, 0.3) is 5.19 Å². The van der Waals surface area contributed by atoms with Crippen LogP contribution in [0.2, 0.25) is 0 Å². The zero-order chi connectivity index (χ0) is 36.7. The quantitative estimate of drug-likeness (QED) is 0.248. The summed E-state index contributed by atoms with van der Waals surface area (Å²) in [4.78, 5) is 49.2. The third-order valence-corrected chi connectivity index (χ3v) is 14.3. The van der Waals surface area contributed by atoms with Gasteiger partial charge >= 0.3 is 0 Å². The summed E-state index contributed by atoms with van der Waals surface area (Å²) in [5.74, 6) is -2.26. The molecule has 2 saturated carbocycles. The molecule has 0 bridgehead atoms. The molecule has 7 rings (SSSR count). The summed E-state index contributed by atoms with van der Waals surface area (Å²) >= 11 is 1.35. The third kappa shape index (κ3) is 7.74. The fourth-order valence-electron chi connectivity index (χ4n) is 7.83. The Bertz CT molecular complexity index is 1960. The molecule has 52 heavy (non-hydrogen) atoms. The predicted octanol–water partition coefficient (Wildman–Crippen LogP) is 6.95. The average Bonchev–Trinajstić information content (AvgIpc) is 3.89. The van der Waals surface area contributed by atoms with E-state index in [1.807, 2.05) is 60.9 Å². The Hall–Kier alpha value is -3.90. The number of halogens is 1. The number of aromatic nitrogens is 1. The summed E-state index contributed by atoms with van der Waals surface area (Å²) < 4.78 is 48.5. The van der Waals surface area contributed by atoms with Gasteiger partial charge in [0.05, 0.1) is 28.4 Å². The lowest BCUT2D eigenvalue weighted by Gasteiger charge is -2.29. The van der Waals surface area contributed by atoms with Crippen molar-refractivity contribution in [3.05, 3.63) is 83.0 Å².